The second kappa shape index (κ2) is 9.71. The molecule has 140 valence electrons. The molecule has 0 aliphatic carbocycles. The van der Waals surface area contributed by atoms with E-state index in [2.05, 4.69) is 16.9 Å². The van der Waals surface area contributed by atoms with Crippen LogP contribution in [0.5, 0.6) is 0 Å². The lowest BCUT2D eigenvalue weighted by Crippen LogP contribution is -2.38. The highest BCUT2D eigenvalue weighted by Crippen LogP contribution is 2.15. The molecule has 0 radical (unpaired) electrons. The monoisotopic (exact) mass is 394 g/mol. The van der Waals surface area contributed by atoms with Crippen molar-refractivity contribution in [2.45, 2.75) is 24.7 Å². The first-order chi connectivity index (χ1) is 12.4. The smallest absolute Gasteiger partial charge is 0.240 e. The van der Waals surface area contributed by atoms with Crippen LogP contribution in [0.2, 0.25) is 5.02 Å². The van der Waals surface area contributed by atoms with Gasteiger partial charge in [0, 0.05) is 31.6 Å². The van der Waals surface area contributed by atoms with Crippen LogP contribution in [0.15, 0.2) is 59.5 Å². The van der Waals surface area contributed by atoms with Crippen LogP contribution in [0.25, 0.3) is 0 Å². The summed E-state index contributed by atoms with van der Waals surface area (Å²) in [5.74, 6) is -0.0694. The van der Waals surface area contributed by atoms with Crippen molar-refractivity contribution in [2.75, 3.05) is 19.6 Å². The quantitative estimate of drug-likeness (QED) is 0.710. The number of aryl methyl sites for hydroxylation is 1. The Morgan fingerprint density at radius 2 is 1.81 bits per heavy atom. The Morgan fingerprint density at radius 3 is 2.46 bits per heavy atom. The number of hydrogen-bond donors (Lipinski definition) is 1. The van der Waals surface area contributed by atoms with E-state index in [4.69, 9.17) is 11.6 Å². The molecule has 0 atom stereocenters. The SMILES string of the molecule is CC(=O)N(CCCc1ccccc1)CCNS(=O)(=O)c1cccc(Cl)c1. The molecule has 1 N–H and O–H groups in total. The van der Waals surface area contributed by atoms with Crippen molar-refractivity contribution in [1.82, 2.24) is 9.62 Å². The van der Waals surface area contributed by atoms with Crippen LogP contribution in [-0.2, 0) is 21.2 Å². The third-order valence-corrected chi connectivity index (χ3v) is 5.66. The first-order valence-electron chi connectivity index (χ1n) is 8.43. The Balaban J connectivity index is 1.83. The fourth-order valence-corrected chi connectivity index (χ4v) is 3.90. The van der Waals surface area contributed by atoms with Gasteiger partial charge in [-0.1, -0.05) is 48.0 Å². The maximum absolute atomic E-state index is 12.3. The molecule has 1 amide bonds. The first-order valence-corrected chi connectivity index (χ1v) is 10.3. The van der Waals surface area contributed by atoms with E-state index >= 15 is 0 Å². The van der Waals surface area contributed by atoms with Gasteiger partial charge in [-0.3, -0.25) is 4.79 Å². The molecule has 0 aromatic heterocycles. The normalized spacial score (nSPS) is 11.3. The Morgan fingerprint density at radius 1 is 1.08 bits per heavy atom. The van der Waals surface area contributed by atoms with Gasteiger partial charge >= 0.3 is 0 Å². The first kappa shape index (κ1) is 20.4. The highest BCUT2D eigenvalue weighted by Gasteiger charge is 2.15. The Hall–Kier alpha value is -1.89. The van der Waals surface area contributed by atoms with E-state index in [1.807, 2.05) is 18.2 Å². The largest absolute Gasteiger partial charge is 0.342 e. The Labute approximate surface area is 160 Å². The molecule has 0 saturated heterocycles. The predicted molar refractivity (Wildman–Crippen MR) is 104 cm³/mol. The maximum atomic E-state index is 12.3. The topological polar surface area (TPSA) is 66.5 Å². The lowest BCUT2D eigenvalue weighted by atomic mass is 10.1. The molecule has 0 bridgehead atoms. The van der Waals surface area contributed by atoms with E-state index in [1.54, 1.807) is 17.0 Å². The van der Waals surface area contributed by atoms with E-state index in [0.29, 0.717) is 18.1 Å². The van der Waals surface area contributed by atoms with Crippen LogP contribution >= 0.6 is 11.6 Å². The van der Waals surface area contributed by atoms with Gasteiger partial charge < -0.3 is 4.90 Å². The summed E-state index contributed by atoms with van der Waals surface area (Å²) in [6.45, 7) is 2.56. The lowest BCUT2D eigenvalue weighted by molar-refractivity contribution is -0.128. The van der Waals surface area contributed by atoms with Crippen molar-refractivity contribution in [3.63, 3.8) is 0 Å². The molecule has 0 aliphatic rings. The third-order valence-electron chi connectivity index (χ3n) is 3.96. The summed E-state index contributed by atoms with van der Waals surface area (Å²) in [5, 5.41) is 0.360. The summed E-state index contributed by atoms with van der Waals surface area (Å²) in [4.78, 5) is 13.6. The molecular formula is C19H23ClN2O3S. The third kappa shape index (κ3) is 6.44. The molecule has 2 rings (SSSR count). The van der Waals surface area contributed by atoms with Crippen molar-refractivity contribution in [2.24, 2.45) is 0 Å². The average molecular weight is 395 g/mol. The summed E-state index contributed by atoms with van der Waals surface area (Å²) < 4.78 is 27.0. The molecule has 26 heavy (non-hydrogen) atoms. The minimum Gasteiger partial charge on any atom is -0.342 e. The van der Waals surface area contributed by atoms with E-state index < -0.39 is 10.0 Å². The fraction of sp³-hybridized carbons (Fsp3) is 0.316. The van der Waals surface area contributed by atoms with Gasteiger partial charge in [0.25, 0.3) is 0 Å². The average Bonchev–Trinajstić information content (AvgIpc) is 2.61. The molecule has 0 fully saturated rings. The number of carbonyl (C=O) groups is 1. The van der Waals surface area contributed by atoms with Gasteiger partial charge in [0.15, 0.2) is 0 Å². The van der Waals surface area contributed by atoms with Crippen LogP contribution < -0.4 is 4.72 Å². The van der Waals surface area contributed by atoms with Crippen LogP contribution in [0, 0.1) is 0 Å². The molecule has 0 spiro atoms. The van der Waals surface area contributed by atoms with Crippen molar-refractivity contribution < 1.29 is 13.2 Å². The number of nitrogens with zero attached hydrogens (tertiary/aromatic N) is 1. The Kier molecular flexibility index (Phi) is 7.63. The molecule has 0 aliphatic heterocycles. The van der Waals surface area contributed by atoms with Crippen molar-refractivity contribution in [3.05, 3.63) is 65.2 Å². The summed E-state index contributed by atoms with van der Waals surface area (Å²) >= 11 is 5.84. The molecule has 2 aromatic carbocycles. The second-order valence-corrected chi connectivity index (χ2v) is 8.15. The van der Waals surface area contributed by atoms with Crippen LogP contribution in [0.4, 0.5) is 0 Å². The number of hydrogen-bond acceptors (Lipinski definition) is 3. The molecule has 2 aromatic rings. The van der Waals surface area contributed by atoms with Gasteiger partial charge in [-0.25, -0.2) is 13.1 Å². The fourth-order valence-electron chi connectivity index (χ4n) is 2.58. The molecule has 5 nitrogen and oxygen atoms in total. The van der Waals surface area contributed by atoms with Gasteiger partial charge in [-0.2, -0.15) is 0 Å². The summed E-state index contributed by atoms with van der Waals surface area (Å²) in [5.41, 5.74) is 1.22. The van der Waals surface area contributed by atoms with Crippen LogP contribution in [0.3, 0.4) is 0 Å². The van der Waals surface area contributed by atoms with E-state index in [0.717, 1.165) is 12.8 Å². The van der Waals surface area contributed by atoms with E-state index in [1.165, 1.54) is 24.6 Å². The maximum Gasteiger partial charge on any atom is 0.240 e. The molecule has 7 heteroatoms. The number of sulfonamides is 1. The van der Waals surface area contributed by atoms with Crippen molar-refractivity contribution >= 4 is 27.5 Å². The minimum absolute atomic E-state index is 0.0694. The second-order valence-electron chi connectivity index (χ2n) is 5.95. The number of halogens is 1. The number of rotatable bonds is 9. The highest BCUT2D eigenvalue weighted by molar-refractivity contribution is 7.89. The number of amides is 1. The van der Waals surface area contributed by atoms with Crippen LogP contribution in [-0.4, -0.2) is 38.9 Å². The zero-order chi connectivity index (χ0) is 19.0. The van der Waals surface area contributed by atoms with Gasteiger partial charge in [0.05, 0.1) is 4.90 Å². The zero-order valence-electron chi connectivity index (χ0n) is 14.7. The van der Waals surface area contributed by atoms with Gasteiger partial charge in [0.2, 0.25) is 15.9 Å². The summed E-state index contributed by atoms with van der Waals surface area (Å²) in [6.07, 6.45) is 1.70. The minimum atomic E-state index is -3.64. The summed E-state index contributed by atoms with van der Waals surface area (Å²) in [6, 6.07) is 16.1. The van der Waals surface area contributed by atoms with Crippen molar-refractivity contribution in [1.29, 1.82) is 0 Å². The number of benzene rings is 2. The zero-order valence-corrected chi connectivity index (χ0v) is 16.3. The lowest BCUT2D eigenvalue weighted by Gasteiger charge is -2.21. The van der Waals surface area contributed by atoms with Crippen molar-refractivity contribution in [3.8, 4) is 0 Å². The molecule has 0 heterocycles. The molecule has 0 saturated carbocycles. The van der Waals surface area contributed by atoms with E-state index in [9.17, 15) is 13.2 Å². The number of carbonyl (C=O) groups excluding carboxylic acids is 1. The van der Waals surface area contributed by atoms with Gasteiger partial charge in [-0.05, 0) is 36.6 Å². The highest BCUT2D eigenvalue weighted by atomic mass is 35.5. The van der Waals surface area contributed by atoms with E-state index in [-0.39, 0.29) is 17.3 Å². The van der Waals surface area contributed by atoms with Gasteiger partial charge in [0.1, 0.15) is 0 Å². The molecular weight excluding hydrogens is 372 g/mol. The standard InChI is InChI=1S/C19H23ClN2O3S/c1-16(23)22(13-6-9-17-7-3-2-4-8-17)14-12-21-26(24,25)19-11-5-10-18(20)15-19/h2-5,7-8,10-11,15,21H,6,9,12-14H2,1H3. The molecule has 0 unspecified atom stereocenters. The van der Waals surface area contributed by atoms with Crippen LogP contribution in [0.1, 0.15) is 18.9 Å². The Bertz CT molecular complexity index is 826. The predicted octanol–water partition coefficient (Wildman–Crippen LogP) is 3.10. The van der Waals surface area contributed by atoms with Gasteiger partial charge in [-0.15, -0.1) is 0 Å². The summed E-state index contributed by atoms with van der Waals surface area (Å²) in [7, 11) is -3.64. The number of nitrogens with one attached hydrogen (secondary N) is 1.